The first kappa shape index (κ1) is 19.4. The van der Waals surface area contributed by atoms with Crippen LogP contribution in [0.4, 0.5) is 5.69 Å². The second-order valence-electron chi connectivity index (χ2n) is 6.19. The molecule has 0 atom stereocenters. The molecule has 9 nitrogen and oxygen atoms in total. The molecule has 4 aromatic rings. The maximum Gasteiger partial charge on any atom is 0.340 e. The number of thiazole rings is 1. The molecule has 0 radical (unpaired) electrons. The SMILES string of the molecule is O=C(Cn1cnnn1)Nc1ccccc1C(=O)OCc1csc(-c2ccccc2)n1. The smallest absolute Gasteiger partial charge is 0.340 e. The third-order valence-corrected chi connectivity index (χ3v) is 4.98. The number of tetrazole rings is 1. The maximum atomic E-state index is 12.6. The molecule has 0 unspecified atom stereocenters. The van der Waals surface area contributed by atoms with Crippen molar-refractivity contribution in [2.75, 3.05) is 5.32 Å². The van der Waals surface area contributed by atoms with Crippen LogP contribution in [0.3, 0.4) is 0 Å². The van der Waals surface area contributed by atoms with Crippen LogP contribution in [-0.4, -0.2) is 37.1 Å². The molecule has 1 N–H and O–H groups in total. The number of para-hydroxylation sites is 1. The summed E-state index contributed by atoms with van der Waals surface area (Å²) in [6, 6.07) is 16.4. The minimum Gasteiger partial charge on any atom is -0.455 e. The van der Waals surface area contributed by atoms with Crippen molar-refractivity contribution in [1.29, 1.82) is 0 Å². The molecule has 0 aliphatic carbocycles. The summed E-state index contributed by atoms with van der Waals surface area (Å²) in [5, 5.41) is 16.0. The number of ether oxygens (including phenoxy) is 1. The van der Waals surface area contributed by atoms with Gasteiger partial charge in [0.2, 0.25) is 5.91 Å². The van der Waals surface area contributed by atoms with Gasteiger partial charge in [-0.2, -0.15) is 0 Å². The zero-order valence-corrected chi connectivity index (χ0v) is 16.5. The number of amides is 1. The fourth-order valence-electron chi connectivity index (χ4n) is 2.66. The van der Waals surface area contributed by atoms with Crippen molar-refractivity contribution < 1.29 is 14.3 Å². The quantitative estimate of drug-likeness (QED) is 0.458. The van der Waals surface area contributed by atoms with E-state index in [9.17, 15) is 9.59 Å². The van der Waals surface area contributed by atoms with E-state index in [0.717, 1.165) is 10.6 Å². The average Bonchev–Trinajstić information content (AvgIpc) is 3.45. The van der Waals surface area contributed by atoms with E-state index >= 15 is 0 Å². The highest BCUT2D eigenvalue weighted by atomic mass is 32.1. The number of benzene rings is 2. The summed E-state index contributed by atoms with van der Waals surface area (Å²) in [6.07, 6.45) is 1.33. The van der Waals surface area contributed by atoms with Gasteiger partial charge < -0.3 is 10.1 Å². The summed E-state index contributed by atoms with van der Waals surface area (Å²) in [5.74, 6) is -0.919. The van der Waals surface area contributed by atoms with E-state index in [0.29, 0.717) is 11.4 Å². The minimum absolute atomic E-state index is 0.0368. The Labute approximate surface area is 175 Å². The van der Waals surface area contributed by atoms with Gasteiger partial charge >= 0.3 is 5.97 Å². The van der Waals surface area contributed by atoms with Crippen molar-refractivity contribution in [3.8, 4) is 10.6 Å². The van der Waals surface area contributed by atoms with Crippen molar-refractivity contribution in [3.05, 3.63) is 77.6 Å². The highest BCUT2D eigenvalue weighted by Crippen LogP contribution is 2.24. The van der Waals surface area contributed by atoms with E-state index < -0.39 is 5.97 Å². The van der Waals surface area contributed by atoms with Gasteiger partial charge in [0, 0.05) is 10.9 Å². The van der Waals surface area contributed by atoms with E-state index in [1.807, 2.05) is 35.7 Å². The van der Waals surface area contributed by atoms with Crippen molar-refractivity contribution in [2.24, 2.45) is 0 Å². The lowest BCUT2D eigenvalue weighted by Gasteiger charge is -2.10. The number of aromatic nitrogens is 5. The molecule has 0 saturated carbocycles. The van der Waals surface area contributed by atoms with Crippen molar-refractivity contribution in [2.45, 2.75) is 13.2 Å². The second kappa shape index (κ2) is 9.05. The first-order chi connectivity index (χ1) is 14.7. The topological polar surface area (TPSA) is 112 Å². The van der Waals surface area contributed by atoms with Crippen LogP contribution in [0.15, 0.2) is 66.3 Å². The predicted molar refractivity (Wildman–Crippen MR) is 110 cm³/mol. The number of rotatable bonds is 7. The first-order valence-corrected chi connectivity index (χ1v) is 9.83. The molecule has 0 fully saturated rings. The lowest BCUT2D eigenvalue weighted by atomic mass is 10.2. The van der Waals surface area contributed by atoms with Gasteiger partial charge in [-0.25, -0.2) is 14.5 Å². The highest BCUT2D eigenvalue weighted by Gasteiger charge is 2.16. The molecule has 2 aromatic carbocycles. The molecular weight excluding hydrogens is 404 g/mol. The Morgan fingerprint density at radius 1 is 1.07 bits per heavy atom. The van der Waals surface area contributed by atoms with E-state index in [1.165, 1.54) is 22.3 Å². The average molecular weight is 420 g/mol. The molecule has 2 aromatic heterocycles. The normalized spacial score (nSPS) is 10.5. The molecular formula is C20H16N6O3S. The molecule has 30 heavy (non-hydrogen) atoms. The van der Waals surface area contributed by atoms with Crippen LogP contribution < -0.4 is 5.32 Å². The van der Waals surface area contributed by atoms with Crippen molar-refractivity contribution in [1.82, 2.24) is 25.2 Å². The van der Waals surface area contributed by atoms with Gasteiger partial charge in [-0.05, 0) is 22.6 Å². The van der Waals surface area contributed by atoms with Crippen LogP contribution >= 0.6 is 11.3 Å². The van der Waals surface area contributed by atoms with Crippen LogP contribution in [-0.2, 0) is 22.7 Å². The summed E-state index contributed by atoms with van der Waals surface area (Å²) >= 11 is 1.49. The monoisotopic (exact) mass is 420 g/mol. The molecule has 150 valence electrons. The highest BCUT2D eigenvalue weighted by molar-refractivity contribution is 7.13. The Morgan fingerprint density at radius 2 is 1.87 bits per heavy atom. The van der Waals surface area contributed by atoms with Crippen LogP contribution in [0, 0.1) is 0 Å². The molecule has 1 amide bonds. The van der Waals surface area contributed by atoms with E-state index in [1.54, 1.807) is 24.3 Å². The van der Waals surface area contributed by atoms with E-state index in [4.69, 9.17) is 4.74 Å². The van der Waals surface area contributed by atoms with Gasteiger partial charge in [-0.15, -0.1) is 16.4 Å². The number of anilines is 1. The fraction of sp³-hybridized carbons (Fsp3) is 0.100. The van der Waals surface area contributed by atoms with Crippen LogP contribution in [0.2, 0.25) is 0 Å². The molecule has 0 bridgehead atoms. The Hall–Kier alpha value is -3.92. The minimum atomic E-state index is -0.553. The van der Waals surface area contributed by atoms with Gasteiger partial charge in [0.15, 0.2) is 0 Å². The molecule has 0 spiro atoms. The number of nitrogens with one attached hydrogen (secondary N) is 1. The van der Waals surface area contributed by atoms with Gasteiger partial charge in [-0.3, -0.25) is 4.79 Å². The molecule has 0 aliphatic heterocycles. The standard InChI is InChI=1S/C20H16N6O3S/c27-18(10-26-13-21-24-25-26)23-17-9-5-4-8-16(17)20(28)29-11-15-12-30-19(22-15)14-6-2-1-3-7-14/h1-9,12-13H,10-11H2,(H,23,27). The molecule has 0 aliphatic rings. The second-order valence-corrected chi connectivity index (χ2v) is 7.05. The molecule has 10 heteroatoms. The summed E-state index contributed by atoms with van der Waals surface area (Å²) in [6.45, 7) is -0.0352. The van der Waals surface area contributed by atoms with E-state index in [-0.39, 0.29) is 24.6 Å². The number of hydrogen-bond acceptors (Lipinski definition) is 8. The third-order valence-electron chi connectivity index (χ3n) is 4.04. The molecule has 0 saturated heterocycles. The molecule has 4 rings (SSSR count). The lowest BCUT2D eigenvalue weighted by molar-refractivity contribution is -0.116. The Bertz CT molecular complexity index is 1140. The van der Waals surface area contributed by atoms with Crippen LogP contribution in [0.25, 0.3) is 10.6 Å². The van der Waals surface area contributed by atoms with Crippen LogP contribution in [0.1, 0.15) is 16.1 Å². The Kier molecular flexibility index (Phi) is 5.85. The number of nitrogens with zero attached hydrogens (tertiary/aromatic N) is 5. The van der Waals surface area contributed by atoms with Gasteiger partial charge in [0.25, 0.3) is 0 Å². The fourth-order valence-corrected chi connectivity index (χ4v) is 3.47. The van der Waals surface area contributed by atoms with E-state index in [2.05, 4.69) is 25.8 Å². The van der Waals surface area contributed by atoms with Crippen molar-refractivity contribution in [3.63, 3.8) is 0 Å². The predicted octanol–water partition coefficient (Wildman–Crippen LogP) is 2.79. The lowest BCUT2D eigenvalue weighted by Crippen LogP contribution is -2.21. The zero-order chi connectivity index (χ0) is 20.8. The van der Waals surface area contributed by atoms with Gasteiger partial charge in [-0.1, -0.05) is 42.5 Å². The number of hydrogen-bond donors (Lipinski definition) is 1. The summed E-state index contributed by atoms with van der Waals surface area (Å²) in [5.41, 5.74) is 2.27. The van der Waals surface area contributed by atoms with Crippen LogP contribution in [0.5, 0.6) is 0 Å². The van der Waals surface area contributed by atoms with Gasteiger partial charge in [0.05, 0.1) is 16.9 Å². The largest absolute Gasteiger partial charge is 0.455 e. The first-order valence-electron chi connectivity index (χ1n) is 8.95. The molecule has 2 heterocycles. The van der Waals surface area contributed by atoms with Crippen molar-refractivity contribution >= 4 is 28.9 Å². The number of carbonyl (C=O) groups is 2. The summed E-state index contributed by atoms with van der Waals surface area (Å²) in [7, 11) is 0. The van der Waals surface area contributed by atoms with Gasteiger partial charge in [0.1, 0.15) is 24.5 Å². The Morgan fingerprint density at radius 3 is 2.67 bits per heavy atom. The summed E-state index contributed by atoms with van der Waals surface area (Å²) < 4.78 is 6.69. The zero-order valence-electron chi connectivity index (χ0n) is 15.6. The number of carbonyl (C=O) groups excluding carboxylic acids is 2. The third kappa shape index (κ3) is 4.73. The summed E-state index contributed by atoms with van der Waals surface area (Å²) in [4.78, 5) is 29.3. The Balaban J connectivity index is 1.39. The number of esters is 1. The maximum absolute atomic E-state index is 12.6.